The van der Waals surface area contributed by atoms with Crippen molar-refractivity contribution >= 4 is 11.7 Å². The first-order valence-corrected chi connectivity index (χ1v) is 12.9. The van der Waals surface area contributed by atoms with Crippen molar-refractivity contribution in [3.63, 3.8) is 0 Å². The number of anilines is 1. The second-order valence-corrected chi connectivity index (χ2v) is 10.1. The number of halogens is 3. The summed E-state index contributed by atoms with van der Waals surface area (Å²) in [5.74, 6) is 1.36. The highest BCUT2D eigenvalue weighted by Gasteiger charge is 2.35. The molecule has 6 nitrogen and oxygen atoms in total. The molecule has 1 N–H and O–H groups in total. The first-order valence-electron chi connectivity index (χ1n) is 12.9. The smallest absolute Gasteiger partial charge is 0.353 e. The lowest BCUT2D eigenvalue weighted by Crippen LogP contribution is -2.50. The van der Waals surface area contributed by atoms with Gasteiger partial charge in [0.2, 0.25) is 5.91 Å². The van der Waals surface area contributed by atoms with E-state index in [0.29, 0.717) is 50.0 Å². The van der Waals surface area contributed by atoms with Gasteiger partial charge in [0, 0.05) is 31.7 Å². The van der Waals surface area contributed by atoms with Crippen molar-refractivity contribution in [1.82, 2.24) is 20.2 Å². The number of nitrogens with one attached hydrogen (secondary N) is 1. The van der Waals surface area contributed by atoms with Gasteiger partial charge in [-0.25, -0.2) is 9.97 Å². The summed E-state index contributed by atoms with van der Waals surface area (Å²) in [6.07, 6.45) is 0.665. The van der Waals surface area contributed by atoms with Crippen LogP contribution in [0.2, 0.25) is 0 Å². The predicted molar refractivity (Wildman–Crippen MR) is 134 cm³/mol. The number of hydrogen-bond donors (Lipinski definition) is 1. The maximum Gasteiger partial charge on any atom is 0.416 e. The van der Waals surface area contributed by atoms with Crippen LogP contribution in [0.4, 0.5) is 19.0 Å². The number of carbonyl (C=O) groups excluding carboxylic acids is 1. The van der Waals surface area contributed by atoms with E-state index in [9.17, 15) is 18.0 Å². The zero-order chi connectivity index (χ0) is 25.9. The summed E-state index contributed by atoms with van der Waals surface area (Å²) in [6, 6.07) is 5.09. The Labute approximate surface area is 211 Å². The zero-order valence-electron chi connectivity index (χ0n) is 21.3. The molecule has 2 aliphatic rings. The summed E-state index contributed by atoms with van der Waals surface area (Å²) in [6.45, 7) is 7.74. The Balaban J connectivity index is 1.46. The van der Waals surface area contributed by atoms with Crippen LogP contribution < -0.4 is 10.2 Å². The van der Waals surface area contributed by atoms with Crippen LogP contribution in [0, 0.1) is 0 Å². The van der Waals surface area contributed by atoms with Gasteiger partial charge in [-0.2, -0.15) is 13.2 Å². The van der Waals surface area contributed by atoms with Crippen molar-refractivity contribution in [3.8, 4) is 0 Å². The number of aromatic nitrogens is 2. The van der Waals surface area contributed by atoms with Crippen LogP contribution in [-0.4, -0.2) is 60.5 Å². The molecule has 36 heavy (non-hydrogen) atoms. The molecule has 1 saturated heterocycles. The highest BCUT2D eigenvalue weighted by Crippen LogP contribution is 2.44. The molecule has 1 aromatic heterocycles. The van der Waals surface area contributed by atoms with Crippen LogP contribution in [0.5, 0.6) is 0 Å². The largest absolute Gasteiger partial charge is 0.416 e. The molecule has 9 heteroatoms. The van der Waals surface area contributed by atoms with Crippen molar-refractivity contribution in [1.29, 1.82) is 0 Å². The molecule has 0 spiro atoms. The first-order chi connectivity index (χ1) is 17.2. The lowest BCUT2D eigenvalue weighted by atomic mass is 9.91. The molecule has 2 aromatic rings. The van der Waals surface area contributed by atoms with Crippen LogP contribution in [0.1, 0.15) is 79.7 Å². The van der Waals surface area contributed by atoms with Crippen LogP contribution in [0.3, 0.4) is 0 Å². The summed E-state index contributed by atoms with van der Waals surface area (Å²) in [4.78, 5) is 26.9. The van der Waals surface area contributed by atoms with E-state index in [0.717, 1.165) is 49.5 Å². The molecule has 0 bridgehead atoms. The number of carbonyl (C=O) groups is 1. The number of nitrogens with zero attached hydrogens (tertiary/aromatic N) is 4. The topological polar surface area (TPSA) is 61.4 Å². The van der Waals surface area contributed by atoms with Crippen LogP contribution in [-0.2, 0) is 11.0 Å². The van der Waals surface area contributed by atoms with Crippen LogP contribution in [0.25, 0.3) is 0 Å². The fraction of sp³-hybridized carbons (Fsp3) is 0.593. The normalized spacial score (nSPS) is 20.9. The third kappa shape index (κ3) is 5.66. The highest BCUT2D eigenvalue weighted by atomic mass is 19.4. The highest BCUT2D eigenvalue weighted by molar-refractivity contribution is 5.84. The van der Waals surface area contributed by atoms with E-state index in [4.69, 9.17) is 0 Å². The van der Waals surface area contributed by atoms with Gasteiger partial charge < -0.3 is 15.1 Å². The average molecular weight is 504 g/mol. The number of amides is 1. The molecule has 2 heterocycles. The summed E-state index contributed by atoms with van der Waals surface area (Å²) < 4.78 is 39.2. The molecule has 196 valence electrons. The minimum absolute atomic E-state index is 0.00577. The molecule has 0 saturated carbocycles. The number of piperazine rings is 1. The van der Waals surface area contributed by atoms with E-state index in [1.165, 1.54) is 17.7 Å². The standard InChI is InChI=1S/C27H36F3N5O/c1-18-16-19(2)24-23(18)25(33-17-32-24)34-12-14-35(15-13-34)26(36)22(6-4-5-11-31-3)20-7-9-21(10-8-20)27(28,29)30/h7-10,17-19,22,31H,4-6,11-16H2,1-3H3/t18-,19+,22-/m1/s1. The van der Waals surface area contributed by atoms with Crippen LogP contribution >= 0.6 is 0 Å². The number of hydrogen-bond acceptors (Lipinski definition) is 5. The van der Waals surface area contributed by atoms with E-state index in [1.807, 2.05) is 11.9 Å². The molecular weight excluding hydrogens is 467 g/mol. The van der Waals surface area contributed by atoms with Crippen molar-refractivity contribution in [2.24, 2.45) is 0 Å². The fourth-order valence-electron chi connectivity index (χ4n) is 5.62. The van der Waals surface area contributed by atoms with E-state index >= 15 is 0 Å². The number of rotatable bonds is 8. The third-order valence-electron chi connectivity index (χ3n) is 7.56. The van der Waals surface area contributed by atoms with E-state index in [-0.39, 0.29) is 5.91 Å². The van der Waals surface area contributed by atoms with Gasteiger partial charge in [0.05, 0.1) is 17.2 Å². The molecule has 1 aromatic carbocycles. The van der Waals surface area contributed by atoms with Gasteiger partial charge in [-0.1, -0.05) is 32.4 Å². The lowest BCUT2D eigenvalue weighted by molar-refractivity contribution is -0.137. The van der Waals surface area contributed by atoms with Gasteiger partial charge in [-0.3, -0.25) is 4.79 Å². The Bertz CT molecular complexity index is 1030. The van der Waals surface area contributed by atoms with Gasteiger partial charge in [0.1, 0.15) is 12.1 Å². The number of fused-ring (bicyclic) bond motifs is 1. The Morgan fingerprint density at radius 3 is 2.39 bits per heavy atom. The lowest BCUT2D eigenvalue weighted by Gasteiger charge is -2.38. The van der Waals surface area contributed by atoms with Crippen molar-refractivity contribution in [3.05, 3.63) is 53.0 Å². The van der Waals surface area contributed by atoms with Crippen molar-refractivity contribution in [2.75, 3.05) is 44.7 Å². The molecule has 0 unspecified atom stereocenters. The maximum atomic E-state index is 13.6. The SMILES string of the molecule is CNCCCC[C@@H](C(=O)N1CCN(c2ncnc3c2[C@H](C)C[C@@H]3C)CC1)c1ccc(C(F)(F)F)cc1. The molecule has 0 radical (unpaired) electrons. The zero-order valence-corrected chi connectivity index (χ0v) is 21.3. The minimum Gasteiger partial charge on any atom is -0.353 e. The predicted octanol–water partition coefficient (Wildman–Crippen LogP) is 4.93. The summed E-state index contributed by atoms with van der Waals surface area (Å²) in [5.41, 5.74) is 2.32. The van der Waals surface area contributed by atoms with Crippen LogP contribution in [0.15, 0.2) is 30.6 Å². The molecule has 1 amide bonds. The maximum absolute atomic E-state index is 13.6. The monoisotopic (exact) mass is 503 g/mol. The molecule has 3 atom stereocenters. The van der Waals surface area contributed by atoms with Crippen molar-refractivity contribution < 1.29 is 18.0 Å². The van der Waals surface area contributed by atoms with Crippen molar-refractivity contribution in [2.45, 2.75) is 63.5 Å². The summed E-state index contributed by atoms with van der Waals surface area (Å²) >= 11 is 0. The second-order valence-electron chi connectivity index (χ2n) is 10.1. The number of alkyl halides is 3. The summed E-state index contributed by atoms with van der Waals surface area (Å²) in [7, 11) is 1.88. The van der Waals surface area contributed by atoms with E-state index in [2.05, 4.69) is 34.0 Å². The molecule has 1 aliphatic heterocycles. The van der Waals surface area contributed by atoms with Gasteiger partial charge in [-0.15, -0.1) is 0 Å². The minimum atomic E-state index is -4.39. The Morgan fingerprint density at radius 1 is 1.06 bits per heavy atom. The Morgan fingerprint density at radius 2 is 1.75 bits per heavy atom. The fourth-order valence-corrected chi connectivity index (χ4v) is 5.62. The quantitative estimate of drug-likeness (QED) is 0.518. The molecular formula is C27H36F3N5O. The molecule has 4 rings (SSSR count). The van der Waals surface area contributed by atoms with Gasteiger partial charge in [0.25, 0.3) is 0 Å². The summed E-state index contributed by atoms with van der Waals surface area (Å²) in [5, 5.41) is 3.11. The number of benzene rings is 1. The third-order valence-corrected chi connectivity index (χ3v) is 7.56. The first kappa shape index (κ1) is 26.4. The van der Waals surface area contributed by atoms with E-state index in [1.54, 1.807) is 6.33 Å². The Hall–Kier alpha value is -2.68. The van der Waals surface area contributed by atoms with Gasteiger partial charge in [-0.05, 0) is 62.4 Å². The van der Waals surface area contributed by atoms with Gasteiger partial charge >= 0.3 is 6.18 Å². The van der Waals surface area contributed by atoms with E-state index < -0.39 is 17.7 Å². The average Bonchev–Trinajstić information content (AvgIpc) is 3.17. The molecule has 1 aliphatic carbocycles. The second kappa shape index (κ2) is 11.2. The number of unbranched alkanes of at least 4 members (excludes halogenated alkanes) is 1. The van der Waals surface area contributed by atoms with Gasteiger partial charge in [0.15, 0.2) is 0 Å². The molecule has 1 fully saturated rings. The Kier molecular flexibility index (Phi) is 8.17.